The highest BCUT2D eigenvalue weighted by Gasteiger charge is 2.15. The molecule has 0 aromatic carbocycles. The summed E-state index contributed by atoms with van der Waals surface area (Å²) >= 11 is 0. The Morgan fingerprint density at radius 2 is 2.16 bits per heavy atom. The SMILES string of the molecule is Nc1ncc2n[nH]c(CNC[C@@H](O)[C@@H](O)CO)c2n1. The molecule has 2 rings (SSSR count). The molecule has 0 saturated heterocycles. The van der Waals surface area contributed by atoms with E-state index in [-0.39, 0.29) is 12.5 Å². The number of fused-ring (bicyclic) bond motifs is 1. The summed E-state index contributed by atoms with van der Waals surface area (Å²) in [4.78, 5) is 7.89. The molecule has 0 unspecified atom stereocenters. The van der Waals surface area contributed by atoms with Crippen LogP contribution in [0.2, 0.25) is 0 Å². The molecule has 104 valence electrons. The number of nitrogens with two attached hydrogens (primary N) is 1. The number of aliphatic hydroxyl groups is 3. The van der Waals surface area contributed by atoms with Crippen LogP contribution in [0, 0.1) is 0 Å². The van der Waals surface area contributed by atoms with Crippen molar-refractivity contribution in [2.45, 2.75) is 18.8 Å². The second kappa shape index (κ2) is 5.89. The van der Waals surface area contributed by atoms with E-state index in [1.165, 1.54) is 6.20 Å². The van der Waals surface area contributed by atoms with Crippen molar-refractivity contribution >= 4 is 17.0 Å². The zero-order valence-corrected chi connectivity index (χ0v) is 10.1. The number of hydrogen-bond donors (Lipinski definition) is 6. The molecule has 9 nitrogen and oxygen atoms in total. The van der Waals surface area contributed by atoms with Crippen molar-refractivity contribution in [1.82, 2.24) is 25.5 Å². The van der Waals surface area contributed by atoms with E-state index in [0.29, 0.717) is 23.3 Å². The maximum atomic E-state index is 9.46. The molecule has 0 saturated carbocycles. The van der Waals surface area contributed by atoms with Crippen LogP contribution in [0.5, 0.6) is 0 Å². The number of aliphatic hydroxyl groups excluding tert-OH is 3. The standard InChI is InChI=1S/C10H16N6O3/c11-10-13-2-6-9(14-10)5(15-16-6)1-12-3-7(18)8(19)4-17/h2,7-8,12,17-19H,1,3-4H2,(H,15,16)(H2,11,13,14)/t7-,8+/m1/s1. The fraction of sp³-hybridized carbons (Fsp3) is 0.500. The van der Waals surface area contributed by atoms with Gasteiger partial charge in [-0.3, -0.25) is 5.10 Å². The molecule has 2 heterocycles. The van der Waals surface area contributed by atoms with E-state index in [1.807, 2.05) is 0 Å². The van der Waals surface area contributed by atoms with E-state index in [4.69, 9.17) is 10.8 Å². The van der Waals surface area contributed by atoms with Crippen LogP contribution in [0.15, 0.2) is 6.20 Å². The maximum absolute atomic E-state index is 9.46. The lowest BCUT2D eigenvalue weighted by Crippen LogP contribution is -2.38. The third-order valence-corrected chi connectivity index (χ3v) is 2.67. The van der Waals surface area contributed by atoms with E-state index in [1.54, 1.807) is 0 Å². The molecule has 0 aliphatic rings. The monoisotopic (exact) mass is 268 g/mol. The van der Waals surface area contributed by atoms with Crippen molar-refractivity contribution < 1.29 is 15.3 Å². The van der Waals surface area contributed by atoms with Gasteiger partial charge in [0, 0.05) is 13.1 Å². The summed E-state index contributed by atoms with van der Waals surface area (Å²) in [6, 6.07) is 0. The van der Waals surface area contributed by atoms with Gasteiger partial charge in [-0.05, 0) is 0 Å². The lowest BCUT2D eigenvalue weighted by atomic mass is 10.2. The van der Waals surface area contributed by atoms with Gasteiger partial charge in [0.1, 0.15) is 17.1 Å². The van der Waals surface area contributed by atoms with Gasteiger partial charge in [-0.25, -0.2) is 9.97 Å². The Bertz CT molecular complexity index is 545. The number of anilines is 1. The van der Waals surface area contributed by atoms with Gasteiger partial charge in [-0.1, -0.05) is 0 Å². The van der Waals surface area contributed by atoms with E-state index >= 15 is 0 Å². The largest absolute Gasteiger partial charge is 0.394 e. The minimum atomic E-state index is -1.16. The van der Waals surface area contributed by atoms with Crippen LogP contribution in [0.1, 0.15) is 5.69 Å². The van der Waals surface area contributed by atoms with Crippen LogP contribution in [0.4, 0.5) is 5.95 Å². The molecule has 9 heteroatoms. The Morgan fingerprint density at radius 1 is 1.37 bits per heavy atom. The average Bonchev–Trinajstić information content (AvgIpc) is 2.80. The van der Waals surface area contributed by atoms with Gasteiger partial charge < -0.3 is 26.4 Å². The summed E-state index contributed by atoms with van der Waals surface area (Å²) in [5.74, 6) is 0.158. The number of H-pyrrole nitrogens is 1. The molecular weight excluding hydrogens is 252 g/mol. The highest BCUT2D eigenvalue weighted by atomic mass is 16.4. The van der Waals surface area contributed by atoms with Gasteiger partial charge in [0.2, 0.25) is 5.95 Å². The second-order valence-corrected chi connectivity index (χ2v) is 4.11. The average molecular weight is 268 g/mol. The normalized spacial score (nSPS) is 14.7. The molecule has 0 bridgehead atoms. The van der Waals surface area contributed by atoms with Gasteiger partial charge in [0.25, 0.3) is 0 Å². The summed E-state index contributed by atoms with van der Waals surface area (Å²) in [5.41, 5.74) is 7.41. The summed E-state index contributed by atoms with van der Waals surface area (Å²) in [5, 5.41) is 37.1. The molecule has 2 aromatic heterocycles. The van der Waals surface area contributed by atoms with Crippen LogP contribution in [0.25, 0.3) is 11.0 Å². The molecule has 0 aliphatic heterocycles. The van der Waals surface area contributed by atoms with Gasteiger partial charge in [-0.2, -0.15) is 5.10 Å². The number of aromatic nitrogens is 4. The lowest BCUT2D eigenvalue weighted by Gasteiger charge is -2.15. The zero-order valence-electron chi connectivity index (χ0n) is 10.1. The van der Waals surface area contributed by atoms with Crippen molar-refractivity contribution in [3.05, 3.63) is 11.9 Å². The summed E-state index contributed by atoms with van der Waals surface area (Å²) in [6.07, 6.45) is -0.690. The van der Waals surface area contributed by atoms with Crippen molar-refractivity contribution in [2.24, 2.45) is 0 Å². The molecule has 2 atom stereocenters. The van der Waals surface area contributed by atoms with Crippen molar-refractivity contribution in [3.63, 3.8) is 0 Å². The second-order valence-electron chi connectivity index (χ2n) is 4.11. The zero-order chi connectivity index (χ0) is 13.8. The molecule has 0 fully saturated rings. The number of rotatable bonds is 6. The van der Waals surface area contributed by atoms with Gasteiger partial charge >= 0.3 is 0 Å². The van der Waals surface area contributed by atoms with Crippen molar-refractivity contribution in [1.29, 1.82) is 0 Å². The van der Waals surface area contributed by atoms with Crippen molar-refractivity contribution in [2.75, 3.05) is 18.9 Å². The molecule has 2 aromatic rings. The summed E-state index contributed by atoms with van der Waals surface area (Å²) < 4.78 is 0. The lowest BCUT2D eigenvalue weighted by molar-refractivity contribution is -0.0130. The minimum absolute atomic E-state index is 0.128. The van der Waals surface area contributed by atoms with Gasteiger partial charge in [-0.15, -0.1) is 0 Å². The Labute approximate surface area is 108 Å². The molecule has 0 spiro atoms. The fourth-order valence-corrected chi connectivity index (χ4v) is 1.60. The first kappa shape index (κ1) is 13.6. The number of nitrogen functional groups attached to an aromatic ring is 1. The third kappa shape index (κ3) is 3.15. The quantitative estimate of drug-likeness (QED) is 0.343. The Hall–Kier alpha value is -1.81. The van der Waals surface area contributed by atoms with Crippen LogP contribution >= 0.6 is 0 Å². The minimum Gasteiger partial charge on any atom is -0.394 e. The first-order valence-corrected chi connectivity index (χ1v) is 5.75. The highest BCUT2D eigenvalue weighted by Crippen LogP contribution is 2.12. The predicted molar refractivity (Wildman–Crippen MR) is 66.9 cm³/mol. The van der Waals surface area contributed by atoms with E-state index in [9.17, 15) is 10.2 Å². The first-order valence-electron chi connectivity index (χ1n) is 5.75. The van der Waals surface area contributed by atoms with E-state index in [0.717, 1.165) is 0 Å². The summed E-state index contributed by atoms with van der Waals surface area (Å²) in [7, 11) is 0. The fourth-order valence-electron chi connectivity index (χ4n) is 1.60. The number of nitrogens with one attached hydrogen (secondary N) is 2. The summed E-state index contributed by atoms with van der Waals surface area (Å²) in [6.45, 7) is 0.00452. The molecule has 19 heavy (non-hydrogen) atoms. The van der Waals surface area contributed by atoms with Crippen LogP contribution in [-0.2, 0) is 6.54 Å². The Kier molecular flexibility index (Phi) is 4.22. The van der Waals surface area contributed by atoms with Crippen LogP contribution in [0.3, 0.4) is 0 Å². The smallest absolute Gasteiger partial charge is 0.220 e. The topological polar surface area (TPSA) is 153 Å². The molecule has 0 aliphatic carbocycles. The highest BCUT2D eigenvalue weighted by molar-refractivity contribution is 5.76. The predicted octanol–water partition coefficient (Wildman–Crippen LogP) is -2.26. The van der Waals surface area contributed by atoms with Gasteiger partial charge in [0.05, 0.1) is 24.6 Å². The molecule has 7 N–H and O–H groups in total. The van der Waals surface area contributed by atoms with Crippen LogP contribution in [-0.4, -0.2) is 60.8 Å². The molecular formula is C10H16N6O3. The number of hydrogen-bond acceptors (Lipinski definition) is 8. The maximum Gasteiger partial charge on any atom is 0.220 e. The number of aromatic amines is 1. The molecule has 0 amide bonds. The Balaban J connectivity index is 1.96. The van der Waals surface area contributed by atoms with Crippen LogP contribution < -0.4 is 11.1 Å². The number of nitrogens with zero attached hydrogens (tertiary/aromatic N) is 3. The van der Waals surface area contributed by atoms with E-state index in [2.05, 4.69) is 25.5 Å². The Morgan fingerprint density at radius 3 is 2.89 bits per heavy atom. The molecule has 0 radical (unpaired) electrons. The van der Waals surface area contributed by atoms with Gasteiger partial charge in [0.15, 0.2) is 0 Å². The third-order valence-electron chi connectivity index (χ3n) is 2.67. The van der Waals surface area contributed by atoms with Crippen molar-refractivity contribution in [3.8, 4) is 0 Å². The van der Waals surface area contributed by atoms with E-state index < -0.39 is 18.8 Å². The first-order chi connectivity index (χ1) is 9.11.